The predicted octanol–water partition coefficient (Wildman–Crippen LogP) is 0.369. The third-order valence-electron chi connectivity index (χ3n) is 3.23. The maximum Gasteiger partial charge on any atom is 0.274 e. The largest absolute Gasteiger partial charge is 0.396 e. The van der Waals surface area contributed by atoms with Gasteiger partial charge in [0.1, 0.15) is 5.69 Å². The van der Waals surface area contributed by atoms with Gasteiger partial charge in [-0.05, 0) is 12.8 Å². The Morgan fingerprint density at radius 1 is 1.59 bits per heavy atom. The number of carbonyl (C=O) groups is 1. The van der Waals surface area contributed by atoms with Gasteiger partial charge in [0, 0.05) is 6.54 Å². The highest BCUT2D eigenvalue weighted by Gasteiger charge is 2.27. The van der Waals surface area contributed by atoms with E-state index in [-0.39, 0.29) is 18.6 Å². The van der Waals surface area contributed by atoms with Crippen molar-refractivity contribution in [2.75, 3.05) is 18.9 Å². The molecule has 1 unspecified atom stereocenters. The lowest BCUT2D eigenvalue weighted by atomic mass is 10.1. The Morgan fingerprint density at radius 3 is 3.06 bits per heavy atom. The number of nitrogens with zero attached hydrogens (tertiary/aromatic N) is 2. The number of carbonyl (C=O) groups excluding carboxylic acids is 1. The number of hydrogen-bond donors (Lipinski definition) is 3. The summed E-state index contributed by atoms with van der Waals surface area (Å²) in [4.78, 5) is 14.0. The van der Waals surface area contributed by atoms with Gasteiger partial charge in [-0.1, -0.05) is 12.8 Å². The van der Waals surface area contributed by atoms with Crippen LogP contribution >= 0.6 is 0 Å². The maximum absolute atomic E-state index is 12.3. The van der Waals surface area contributed by atoms with Crippen molar-refractivity contribution in [2.45, 2.75) is 31.7 Å². The Labute approximate surface area is 99.8 Å². The molecule has 0 bridgehead atoms. The zero-order valence-corrected chi connectivity index (χ0v) is 9.72. The molecule has 6 nitrogen and oxygen atoms in total. The van der Waals surface area contributed by atoms with Gasteiger partial charge in [0.2, 0.25) is 0 Å². The molecule has 1 aliphatic heterocycles. The number of nitrogens with two attached hydrogens (primary N) is 1. The van der Waals surface area contributed by atoms with Gasteiger partial charge in [-0.2, -0.15) is 5.10 Å². The molecule has 0 radical (unpaired) electrons. The lowest BCUT2D eigenvalue weighted by molar-refractivity contribution is 0.0595. The van der Waals surface area contributed by atoms with E-state index in [0.717, 1.165) is 25.7 Å². The van der Waals surface area contributed by atoms with E-state index in [4.69, 9.17) is 5.73 Å². The number of anilines is 1. The van der Waals surface area contributed by atoms with Crippen LogP contribution in [0.25, 0.3) is 0 Å². The molecule has 4 N–H and O–H groups in total. The average molecular weight is 238 g/mol. The minimum Gasteiger partial charge on any atom is -0.396 e. The molecule has 1 aromatic rings. The van der Waals surface area contributed by atoms with E-state index < -0.39 is 0 Å². The van der Waals surface area contributed by atoms with Gasteiger partial charge in [-0.15, -0.1) is 0 Å². The van der Waals surface area contributed by atoms with Gasteiger partial charge in [-0.25, -0.2) is 0 Å². The molecule has 1 atom stereocenters. The summed E-state index contributed by atoms with van der Waals surface area (Å²) in [6.45, 7) is 0.669. The van der Waals surface area contributed by atoms with Crippen molar-refractivity contribution in [1.82, 2.24) is 15.1 Å². The molecule has 6 heteroatoms. The number of aromatic nitrogens is 2. The molecule has 1 fully saturated rings. The number of aliphatic hydroxyl groups is 1. The van der Waals surface area contributed by atoms with Crippen LogP contribution in [-0.2, 0) is 0 Å². The number of aliphatic hydroxyl groups excluding tert-OH is 1. The van der Waals surface area contributed by atoms with E-state index in [0.29, 0.717) is 17.9 Å². The molecule has 1 amide bonds. The van der Waals surface area contributed by atoms with E-state index in [9.17, 15) is 9.90 Å². The summed E-state index contributed by atoms with van der Waals surface area (Å²) < 4.78 is 0. The van der Waals surface area contributed by atoms with Gasteiger partial charge in [0.15, 0.2) is 0 Å². The van der Waals surface area contributed by atoms with E-state index in [1.165, 1.54) is 6.20 Å². The Balaban J connectivity index is 2.18. The van der Waals surface area contributed by atoms with Crippen molar-refractivity contribution < 1.29 is 9.90 Å². The van der Waals surface area contributed by atoms with Gasteiger partial charge < -0.3 is 15.7 Å². The second-order valence-corrected chi connectivity index (χ2v) is 4.38. The summed E-state index contributed by atoms with van der Waals surface area (Å²) in [6, 6.07) is -0.104. The normalized spacial score (nSPS) is 21.2. The summed E-state index contributed by atoms with van der Waals surface area (Å²) in [5, 5.41) is 15.7. The summed E-state index contributed by atoms with van der Waals surface area (Å²) in [5.74, 6) is -0.166. The fourth-order valence-corrected chi connectivity index (χ4v) is 2.24. The van der Waals surface area contributed by atoms with Crippen molar-refractivity contribution in [3.63, 3.8) is 0 Å². The number of amides is 1. The van der Waals surface area contributed by atoms with Crippen LogP contribution in [0.2, 0.25) is 0 Å². The zero-order valence-electron chi connectivity index (χ0n) is 9.72. The number of hydrogen-bond acceptors (Lipinski definition) is 4. The topological polar surface area (TPSA) is 95.2 Å². The number of H-pyrrole nitrogens is 1. The maximum atomic E-state index is 12.3. The number of rotatable bonds is 2. The van der Waals surface area contributed by atoms with Crippen molar-refractivity contribution in [1.29, 1.82) is 0 Å². The van der Waals surface area contributed by atoms with Gasteiger partial charge >= 0.3 is 0 Å². The van der Waals surface area contributed by atoms with Crippen LogP contribution in [0, 0.1) is 0 Å². The van der Waals surface area contributed by atoms with Crippen LogP contribution in [-0.4, -0.2) is 45.3 Å². The lowest BCUT2D eigenvalue weighted by Gasteiger charge is -2.28. The van der Waals surface area contributed by atoms with E-state index in [1.807, 2.05) is 0 Å². The molecule has 1 saturated heterocycles. The molecule has 0 aromatic carbocycles. The molecule has 1 aromatic heterocycles. The highest BCUT2D eigenvalue weighted by Crippen LogP contribution is 2.20. The Morgan fingerprint density at radius 2 is 2.41 bits per heavy atom. The first-order chi connectivity index (χ1) is 8.24. The molecule has 0 saturated carbocycles. The molecular weight excluding hydrogens is 220 g/mol. The highest BCUT2D eigenvalue weighted by molar-refractivity contribution is 5.97. The van der Waals surface area contributed by atoms with Gasteiger partial charge in [0.05, 0.1) is 24.5 Å². The summed E-state index contributed by atoms with van der Waals surface area (Å²) in [5.41, 5.74) is 6.35. The molecule has 0 aliphatic carbocycles. The zero-order chi connectivity index (χ0) is 12.3. The monoisotopic (exact) mass is 238 g/mol. The Hall–Kier alpha value is -1.56. The first-order valence-corrected chi connectivity index (χ1v) is 5.94. The Kier molecular flexibility index (Phi) is 3.63. The minimum atomic E-state index is -0.166. The molecule has 94 valence electrons. The van der Waals surface area contributed by atoms with Gasteiger partial charge in [0.25, 0.3) is 5.91 Å². The quantitative estimate of drug-likeness (QED) is 0.693. The number of nitrogen functional groups attached to an aromatic ring is 1. The van der Waals surface area contributed by atoms with Crippen molar-refractivity contribution in [3.8, 4) is 0 Å². The second kappa shape index (κ2) is 5.18. The predicted molar refractivity (Wildman–Crippen MR) is 63.4 cm³/mol. The van der Waals surface area contributed by atoms with Crippen molar-refractivity contribution in [2.24, 2.45) is 0 Å². The molecule has 2 heterocycles. The standard InChI is InChI=1S/C11H18N4O2/c12-9-6-13-14-10(9)11(17)15-5-3-1-2-4-8(15)7-16/h6,8,16H,1-5,7,12H2,(H,13,14). The van der Waals surface area contributed by atoms with E-state index in [1.54, 1.807) is 4.90 Å². The summed E-state index contributed by atoms with van der Waals surface area (Å²) >= 11 is 0. The van der Waals surface area contributed by atoms with Crippen LogP contribution in [0.15, 0.2) is 6.20 Å². The third-order valence-corrected chi connectivity index (χ3v) is 3.23. The molecule has 17 heavy (non-hydrogen) atoms. The van der Waals surface area contributed by atoms with Crippen molar-refractivity contribution >= 4 is 11.6 Å². The van der Waals surface area contributed by atoms with E-state index in [2.05, 4.69) is 10.2 Å². The SMILES string of the molecule is Nc1cn[nH]c1C(=O)N1CCCCCC1CO. The third kappa shape index (κ3) is 2.41. The van der Waals surface area contributed by atoms with E-state index >= 15 is 0 Å². The fraction of sp³-hybridized carbons (Fsp3) is 0.636. The second-order valence-electron chi connectivity index (χ2n) is 4.38. The minimum absolute atomic E-state index is 0.000216. The Bertz CT molecular complexity index is 391. The van der Waals surface area contributed by atoms with Crippen LogP contribution < -0.4 is 5.73 Å². The summed E-state index contributed by atoms with van der Waals surface area (Å²) in [6.07, 6.45) is 5.39. The molecule has 1 aliphatic rings. The fourth-order valence-electron chi connectivity index (χ4n) is 2.24. The molecular formula is C11H18N4O2. The number of aromatic amines is 1. The smallest absolute Gasteiger partial charge is 0.274 e. The van der Waals surface area contributed by atoms with Gasteiger partial charge in [-0.3, -0.25) is 9.89 Å². The van der Waals surface area contributed by atoms with Crippen molar-refractivity contribution in [3.05, 3.63) is 11.9 Å². The first-order valence-electron chi connectivity index (χ1n) is 5.94. The molecule has 0 spiro atoms. The van der Waals surface area contributed by atoms with Crippen LogP contribution in [0.3, 0.4) is 0 Å². The van der Waals surface area contributed by atoms with Crippen LogP contribution in [0.1, 0.15) is 36.2 Å². The number of likely N-dealkylation sites (tertiary alicyclic amines) is 1. The average Bonchev–Trinajstić information content (AvgIpc) is 2.64. The lowest BCUT2D eigenvalue weighted by Crippen LogP contribution is -2.42. The molecule has 2 rings (SSSR count). The summed E-state index contributed by atoms with van der Waals surface area (Å²) in [7, 11) is 0. The van der Waals surface area contributed by atoms with Crippen LogP contribution in [0.4, 0.5) is 5.69 Å². The van der Waals surface area contributed by atoms with Crippen LogP contribution in [0.5, 0.6) is 0 Å². The number of nitrogens with one attached hydrogen (secondary N) is 1. The first kappa shape index (κ1) is 11.9. The highest BCUT2D eigenvalue weighted by atomic mass is 16.3.